The van der Waals surface area contributed by atoms with Crippen molar-refractivity contribution in [2.75, 3.05) is 26.0 Å². The van der Waals surface area contributed by atoms with E-state index in [1.807, 2.05) is 20.8 Å². The molecule has 0 unspecified atom stereocenters. The van der Waals surface area contributed by atoms with Crippen molar-refractivity contribution in [3.8, 4) is 0 Å². The summed E-state index contributed by atoms with van der Waals surface area (Å²) < 4.78 is 5.39. The average molecular weight is 313 g/mol. The average Bonchev–Trinajstić information content (AvgIpc) is 2.37. The number of hydrogen-bond donors (Lipinski definition) is 1. The first-order valence-corrected chi connectivity index (χ1v) is 6.93. The Kier molecular flexibility index (Phi) is 5.75. The molecule has 0 aliphatic rings. The predicted octanol–water partition coefficient (Wildman–Crippen LogP) is 2.80. The molecule has 0 atom stereocenters. The molecule has 0 spiro atoms. The molecule has 2 amide bonds. The van der Waals surface area contributed by atoms with Gasteiger partial charge in [-0.05, 0) is 39.0 Å². The number of hydrogen-bond acceptors (Lipinski definition) is 3. The fraction of sp³-hybridized carbons (Fsp3) is 0.467. The minimum absolute atomic E-state index is 0.0777. The highest BCUT2D eigenvalue weighted by atomic mass is 35.5. The number of amides is 2. The lowest BCUT2D eigenvalue weighted by molar-refractivity contribution is -0.125. The van der Waals surface area contributed by atoms with E-state index in [0.29, 0.717) is 16.3 Å². The number of nitrogens with zero attached hydrogens (tertiary/aromatic N) is 1. The third-order valence-electron chi connectivity index (χ3n) is 2.53. The molecule has 6 heteroatoms. The number of rotatable bonds is 4. The van der Waals surface area contributed by atoms with Crippen molar-refractivity contribution in [1.29, 1.82) is 0 Å². The summed E-state index contributed by atoms with van der Waals surface area (Å²) >= 11 is 6.03. The van der Waals surface area contributed by atoms with Crippen LogP contribution in [0.3, 0.4) is 0 Å². The molecule has 0 heterocycles. The molecule has 0 saturated heterocycles. The monoisotopic (exact) mass is 312 g/mol. The summed E-state index contributed by atoms with van der Waals surface area (Å²) in [5.74, 6) is -0.477. The zero-order valence-electron chi connectivity index (χ0n) is 13.0. The van der Waals surface area contributed by atoms with E-state index in [0.717, 1.165) is 0 Å². The van der Waals surface area contributed by atoms with Crippen LogP contribution in [-0.4, -0.2) is 43.0 Å². The van der Waals surface area contributed by atoms with Gasteiger partial charge in [-0.15, -0.1) is 0 Å². The highest BCUT2D eigenvalue weighted by molar-refractivity contribution is 6.33. The van der Waals surface area contributed by atoms with Crippen molar-refractivity contribution in [2.24, 2.45) is 0 Å². The van der Waals surface area contributed by atoms with Crippen LogP contribution in [0.4, 0.5) is 5.69 Å². The van der Waals surface area contributed by atoms with E-state index in [2.05, 4.69) is 5.32 Å². The topological polar surface area (TPSA) is 58.6 Å². The minimum Gasteiger partial charge on any atom is -0.366 e. The van der Waals surface area contributed by atoms with E-state index >= 15 is 0 Å². The SMILES string of the molecule is CN(C)C(=O)c1ccc(Cl)c(NC(=O)COC(C)(C)C)c1. The zero-order valence-corrected chi connectivity index (χ0v) is 13.7. The van der Waals surface area contributed by atoms with E-state index in [4.69, 9.17) is 16.3 Å². The highest BCUT2D eigenvalue weighted by Crippen LogP contribution is 2.23. The summed E-state index contributed by atoms with van der Waals surface area (Å²) in [6.07, 6.45) is 0. The Labute approximate surface area is 130 Å². The lowest BCUT2D eigenvalue weighted by Crippen LogP contribution is -2.27. The van der Waals surface area contributed by atoms with Gasteiger partial charge in [-0.1, -0.05) is 11.6 Å². The molecule has 0 saturated carbocycles. The van der Waals surface area contributed by atoms with Crippen LogP contribution >= 0.6 is 11.6 Å². The van der Waals surface area contributed by atoms with Crippen LogP contribution in [0.5, 0.6) is 0 Å². The molecule has 21 heavy (non-hydrogen) atoms. The molecule has 116 valence electrons. The standard InChI is InChI=1S/C15H21ClN2O3/c1-15(2,3)21-9-13(19)17-12-8-10(6-7-11(12)16)14(20)18(4)5/h6-8H,9H2,1-5H3,(H,17,19). The maximum Gasteiger partial charge on any atom is 0.253 e. The molecular weight excluding hydrogens is 292 g/mol. The zero-order chi connectivity index (χ0) is 16.2. The molecule has 0 aliphatic heterocycles. The summed E-state index contributed by atoms with van der Waals surface area (Å²) in [4.78, 5) is 25.2. The number of ether oxygens (including phenoxy) is 1. The first-order chi connectivity index (χ1) is 9.60. The number of nitrogens with one attached hydrogen (secondary N) is 1. The van der Waals surface area contributed by atoms with Gasteiger partial charge in [0.05, 0.1) is 16.3 Å². The maximum absolute atomic E-state index is 11.9. The van der Waals surface area contributed by atoms with Crippen LogP contribution in [0.1, 0.15) is 31.1 Å². The Morgan fingerprint density at radius 1 is 1.29 bits per heavy atom. The second-order valence-electron chi connectivity index (χ2n) is 5.84. The summed E-state index contributed by atoms with van der Waals surface area (Å²) in [5.41, 5.74) is 0.451. The van der Waals surface area contributed by atoms with Crippen LogP contribution in [0.2, 0.25) is 5.02 Å². The van der Waals surface area contributed by atoms with E-state index in [-0.39, 0.29) is 18.4 Å². The quantitative estimate of drug-likeness (QED) is 0.930. The van der Waals surface area contributed by atoms with Gasteiger partial charge in [0.1, 0.15) is 6.61 Å². The van der Waals surface area contributed by atoms with Gasteiger partial charge < -0.3 is 15.0 Å². The molecule has 1 aromatic rings. The Balaban J connectivity index is 2.81. The smallest absolute Gasteiger partial charge is 0.253 e. The Bertz CT molecular complexity index is 536. The number of halogens is 1. The van der Waals surface area contributed by atoms with Crippen LogP contribution in [0.25, 0.3) is 0 Å². The third kappa shape index (κ3) is 5.73. The van der Waals surface area contributed by atoms with E-state index in [1.165, 1.54) is 4.90 Å². The maximum atomic E-state index is 11.9. The van der Waals surface area contributed by atoms with Gasteiger partial charge in [0.25, 0.3) is 5.91 Å². The Hall–Kier alpha value is -1.59. The van der Waals surface area contributed by atoms with Crippen molar-refractivity contribution < 1.29 is 14.3 Å². The van der Waals surface area contributed by atoms with Gasteiger partial charge >= 0.3 is 0 Å². The van der Waals surface area contributed by atoms with Crippen molar-refractivity contribution in [1.82, 2.24) is 4.90 Å². The molecule has 0 aromatic heterocycles. The van der Waals surface area contributed by atoms with Gasteiger partial charge in [-0.25, -0.2) is 0 Å². The van der Waals surface area contributed by atoms with Gasteiger partial charge in [0, 0.05) is 19.7 Å². The van der Waals surface area contributed by atoms with E-state index in [1.54, 1.807) is 32.3 Å². The predicted molar refractivity (Wildman–Crippen MR) is 83.8 cm³/mol. The van der Waals surface area contributed by atoms with Gasteiger partial charge in [-0.2, -0.15) is 0 Å². The molecule has 0 radical (unpaired) electrons. The number of carbonyl (C=O) groups is 2. The summed E-state index contributed by atoms with van der Waals surface area (Å²) in [6.45, 7) is 5.52. The van der Waals surface area contributed by atoms with Gasteiger partial charge in [0.2, 0.25) is 5.91 Å². The number of benzene rings is 1. The van der Waals surface area contributed by atoms with Crippen molar-refractivity contribution in [3.63, 3.8) is 0 Å². The molecule has 5 nitrogen and oxygen atoms in total. The first-order valence-electron chi connectivity index (χ1n) is 6.55. The highest BCUT2D eigenvalue weighted by Gasteiger charge is 2.15. The summed E-state index contributed by atoms with van der Waals surface area (Å²) in [7, 11) is 3.32. The summed E-state index contributed by atoms with van der Waals surface area (Å²) in [6, 6.07) is 4.75. The van der Waals surface area contributed by atoms with Crippen LogP contribution in [0, 0.1) is 0 Å². The summed E-state index contributed by atoms with van der Waals surface area (Å²) in [5, 5.41) is 3.02. The minimum atomic E-state index is -0.399. The number of anilines is 1. The van der Waals surface area contributed by atoms with Crippen molar-refractivity contribution >= 4 is 29.1 Å². The molecule has 1 aromatic carbocycles. The molecule has 0 bridgehead atoms. The Morgan fingerprint density at radius 3 is 2.43 bits per heavy atom. The third-order valence-corrected chi connectivity index (χ3v) is 2.86. The van der Waals surface area contributed by atoms with Crippen LogP contribution in [0.15, 0.2) is 18.2 Å². The lowest BCUT2D eigenvalue weighted by atomic mass is 10.1. The van der Waals surface area contributed by atoms with Crippen molar-refractivity contribution in [2.45, 2.75) is 26.4 Å². The van der Waals surface area contributed by atoms with Crippen LogP contribution in [-0.2, 0) is 9.53 Å². The van der Waals surface area contributed by atoms with Gasteiger partial charge in [-0.3, -0.25) is 9.59 Å². The first kappa shape index (κ1) is 17.5. The fourth-order valence-electron chi connectivity index (χ4n) is 1.48. The van der Waals surface area contributed by atoms with E-state index < -0.39 is 5.60 Å². The number of carbonyl (C=O) groups excluding carboxylic acids is 2. The fourth-order valence-corrected chi connectivity index (χ4v) is 1.65. The van der Waals surface area contributed by atoms with Gasteiger partial charge in [0.15, 0.2) is 0 Å². The Morgan fingerprint density at radius 2 is 1.90 bits per heavy atom. The second-order valence-corrected chi connectivity index (χ2v) is 6.25. The van der Waals surface area contributed by atoms with Crippen molar-refractivity contribution in [3.05, 3.63) is 28.8 Å². The lowest BCUT2D eigenvalue weighted by Gasteiger charge is -2.19. The molecule has 0 fully saturated rings. The molecule has 1 rings (SSSR count). The molecule has 1 N–H and O–H groups in total. The normalized spacial score (nSPS) is 11.1. The van der Waals surface area contributed by atoms with Crippen LogP contribution < -0.4 is 5.32 Å². The second kappa shape index (κ2) is 6.91. The molecule has 0 aliphatic carbocycles. The molecular formula is C15H21ClN2O3. The van der Waals surface area contributed by atoms with E-state index in [9.17, 15) is 9.59 Å². The largest absolute Gasteiger partial charge is 0.366 e.